The van der Waals surface area contributed by atoms with Gasteiger partial charge in [0.15, 0.2) is 4.77 Å². The molecular weight excluding hydrogens is 347 g/mol. The molecule has 1 N–H and O–H groups in total. The Labute approximate surface area is 127 Å². The number of rotatable bonds is 2. The molecule has 2 aromatic heterocycles. The number of aromatic amines is 1. The van der Waals surface area contributed by atoms with Crippen LogP contribution in [0, 0.1) is 10.6 Å². The average Bonchev–Trinajstić information content (AvgIpc) is 2.97. The summed E-state index contributed by atoms with van der Waals surface area (Å²) in [5, 5.41) is 4.11. The number of benzene rings is 1. The van der Waals surface area contributed by atoms with E-state index >= 15 is 0 Å². The minimum Gasteiger partial charge on any atom is -0.331 e. The van der Waals surface area contributed by atoms with Crippen molar-refractivity contribution >= 4 is 50.5 Å². The lowest BCUT2D eigenvalue weighted by Crippen LogP contribution is -2.05. The first kappa shape index (κ1) is 13.0. The largest absolute Gasteiger partial charge is 0.331 e. The van der Waals surface area contributed by atoms with Gasteiger partial charge in [0.1, 0.15) is 5.82 Å². The first-order chi connectivity index (χ1) is 9.08. The molecule has 19 heavy (non-hydrogen) atoms. The van der Waals surface area contributed by atoms with Crippen LogP contribution in [0.3, 0.4) is 0 Å². The SMILES string of the molecule is CC(c1ccsc1)n1c(=S)[nH]c2cc(Br)c(F)cc21. The van der Waals surface area contributed by atoms with E-state index in [0.29, 0.717) is 9.24 Å². The van der Waals surface area contributed by atoms with E-state index in [2.05, 4.69) is 39.3 Å². The summed E-state index contributed by atoms with van der Waals surface area (Å²) in [7, 11) is 0. The molecule has 98 valence electrons. The summed E-state index contributed by atoms with van der Waals surface area (Å²) >= 11 is 10.2. The van der Waals surface area contributed by atoms with Gasteiger partial charge in [-0.15, -0.1) is 0 Å². The molecule has 0 aliphatic carbocycles. The van der Waals surface area contributed by atoms with Crippen LogP contribution in [0.1, 0.15) is 18.5 Å². The van der Waals surface area contributed by atoms with Crippen LogP contribution in [-0.4, -0.2) is 9.55 Å². The van der Waals surface area contributed by atoms with Gasteiger partial charge in [0.25, 0.3) is 0 Å². The Morgan fingerprint density at radius 1 is 1.47 bits per heavy atom. The number of imidazole rings is 1. The highest BCUT2D eigenvalue weighted by atomic mass is 79.9. The third kappa shape index (κ3) is 2.17. The van der Waals surface area contributed by atoms with Crippen molar-refractivity contribution < 1.29 is 4.39 Å². The molecule has 2 heterocycles. The van der Waals surface area contributed by atoms with Gasteiger partial charge in [-0.1, -0.05) is 0 Å². The zero-order chi connectivity index (χ0) is 13.6. The van der Waals surface area contributed by atoms with Crippen molar-refractivity contribution in [2.45, 2.75) is 13.0 Å². The normalized spacial score (nSPS) is 13.0. The number of hydrogen-bond donors (Lipinski definition) is 1. The molecule has 0 aliphatic heterocycles. The Bertz CT molecular complexity index is 789. The summed E-state index contributed by atoms with van der Waals surface area (Å²) in [4.78, 5) is 3.12. The van der Waals surface area contributed by atoms with E-state index in [1.807, 2.05) is 9.95 Å². The van der Waals surface area contributed by atoms with Gasteiger partial charge in [0.2, 0.25) is 0 Å². The smallest absolute Gasteiger partial charge is 0.178 e. The highest BCUT2D eigenvalue weighted by molar-refractivity contribution is 9.10. The van der Waals surface area contributed by atoms with Crippen LogP contribution in [0.4, 0.5) is 4.39 Å². The summed E-state index contributed by atoms with van der Waals surface area (Å²) in [6.07, 6.45) is 0. The second-order valence-electron chi connectivity index (χ2n) is 4.32. The molecule has 1 unspecified atom stereocenters. The molecule has 0 bridgehead atoms. The van der Waals surface area contributed by atoms with Gasteiger partial charge in [0, 0.05) is 6.07 Å². The lowest BCUT2D eigenvalue weighted by molar-refractivity contribution is 0.617. The number of aromatic nitrogens is 2. The van der Waals surface area contributed by atoms with E-state index in [4.69, 9.17) is 12.2 Å². The molecule has 0 amide bonds. The second-order valence-corrected chi connectivity index (χ2v) is 6.34. The molecule has 3 aromatic rings. The molecule has 3 rings (SSSR count). The highest BCUT2D eigenvalue weighted by Gasteiger charge is 2.15. The topological polar surface area (TPSA) is 20.7 Å². The van der Waals surface area contributed by atoms with E-state index in [9.17, 15) is 4.39 Å². The van der Waals surface area contributed by atoms with E-state index < -0.39 is 0 Å². The molecule has 1 aromatic carbocycles. The Kier molecular flexibility index (Phi) is 3.32. The van der Waals surface area contributed by atoms with Crippen molar-refractivity contribution in [2.75, 3.05) is 0 Å². The van der Waals surface area contributed by atoms with Crippen molar-refractivity contribution in [3.63, 3.8) is 0 Å². The maximum atomic E-state index is 13.7. The summed E-state index contributed by atoms with van der Waals surface area (Å²) in [6.45, 7) is 2.06. The van der Waals surface area contributed by atoms with Gasteiger partial charge in [-0.2, -0.15) is 11.3 Å². The Morgan fingerprint density at radius 3 is 2.95 bits per heavy atom. The summed E-state index contributed by atoms with van der Waals surface area (Å²) in [6, 6.07) is 5.37. The molecule has 0 saturated carbocycles. The Morgan fingerprint density at radius 2 is 2.26 bits per heavy atom. The van der Waals surface area contributed by atoms with Crippen LogP contribution in [0.2, 0.25) is 0 Å². The van der Waals surface area contributed by atoms with E-state index in [0.717, 1.165) is 11.0 Å². The molecule has 0 fully saturated rings. The van der Waals surface area contributed by atoms with Crippen LogP contribution >= 0.6 is 39.5 Å². The molecule has 0 aliphatic rings. The van der Waals surface area contributed by atoms with Gasteiger partial charge >= 0.3 is 0 Å². The summed E-state index contributed by atoms with van der Waals surface area (Å²) < 4.78 is 16.7. The van der Waals surface area contributed by atoms with E-state index in [1.54, 1.807) is 17.4 Å². The maximum absolute atomic E-state index is 13.7. The van der Waals surface area contributed by atoms with Crippen molar-refractivity contribution in [3.05, 3.63) is 49.6 Å². The molecule has 0 radical (unpaired) electrons. The van der Waals surface area contributed by atoms with Gasteiger partial charge in [-0.25, -0.2) is 4.39 Å². The van der Waals surface area contributed by atoms with Crippen LogP contribution in [0.25, 0.3) is 11.0 Å². The lowest BCUT2D eigenvalue weighted by Gasteiger charge is -2.13. The number of hydrogen-bond acceptors (Lipinski definition) is 2. The first-order valence-corrected chi connectivity index (χ1v) is 7.83. The second kappa shape index (κ2) is 4.85. The fourth-order valence-corrected chi connectivity index (χ4v) is 3.62. The standard InChI is InChI=1S/C13H10BrFN2S2/c1-7(8-2-3-19-6-8)17-12-5-10(15)9(14)4-11(12)16-13(17)18/h2-7H,1H3,(H,16,18). The molecular formula is C13H10BrFN2S2. The van der Waals surface area contributed by atoms with Gasteiger partial charge in [-0.3, -0.25) is 0 Å². The third-order valence-electron chi connectivity index (χ3n) is 3.17. The van der Waals surface area contributed by atoms with Crippen LogP contribution in [0.5, 0.6) is 0 Å². The number of nitrogens with zero attached hydrogens (tertiary/aromatic N) is 1. The van der Waals surface area contributed by atoms with Crippen LogP contribution in [0.15, 0.2) is 33.4 Å². The van der Waals surface area contributed by atoms with Crippen molar-refractivity contribution in [3.8, 4) is 0 Å². The third-order valence-corrected chi connectivity index (χ3v) is 4.78. The minimum absolute atomic E-state index is 0.0769. The summed E-state index contributed by atoms with van der Waals surface area (Å²) in [5.74, 6) is -0.284. The van der Waals surface area contributed by atoms with Crippen molar-refractivity contribution in [2.24, 2.45) is 0 Å². The number of thiophene rings is 1. The number of nitrogens with one attached hydrogen (secondary N) is 1. The quantitative estimate of drug-likeness (QED) is 0.620. The van der Waals surface area contributed by atoms with Crippen LogP contribution < -0.4 is 0 Å². The number of fused-ring (bicyclic) bond motifs is 1. The number of H-pyrrole nitrogens is 1. The zero-order valence-electron chi connectivity index (χ0n) is 9.98. The van der Waals surface area contributed by atoms with E-state index in [1.165, 1.54) is 11.6 Å². The summed E-state index contributed by atoms with van der Waals surface area (Å²) in [5.41, 5.74) is 2.79. The predicted molar refractivity (Wildman–Crippen MR) is 82.9 cm³/mol. The highest BCUT2D eigenvalue weighted by Crippen LogP contribution is 2.28. The fraction of sp³-hybridized carbons (Fsp3) is 0.154. The van der Waals surface area contributed by atoms with Crippen LogP contribution in [-0.2, 0) is 0 Å². The van der Waals surface area contributed by atoms with Crippen molar-refractivity contribution in [1.82, 2.24) is 9.55 Å². The predicted octanol–water partition coefficient (Wildman–Crippen LogP) is 5.27. The van der Waals surface area contributed by atoms with Crippen molar-refractivity contribution in [1.29, 1.82) is 0 Å². The fourth-order valence-electron chi connectivity index (χ4n) is 2.17. The molecule has 6 heteroatoms. The monoisotopic (exact) mass is 356 g/mol. The Hall–Kier alpha value is -0.980. The average molecular weight is 357 g/mol. The minimum atomic E-state index is -0.284. The lowest BCUT2D eigenvalue weighted by atomic mass is 10.2. The Balaban J connectivity index is 2.26. The molecule has 0 spiro atoms. The van der Waals surface area contributed by atoms with Gasteiger partial charge < -0.3 is 9.55 Å². The molecule has 2 nitrogen and oxygen atoms in total. The molecule has 0 saturated heterocycles. The number of halogens is 2. The first-order valence-electron chi connectivity index (χ1n) is 5.69. The zero-order valence-corrected chi connectivity index (χ0v) is 13.2. The van der Waals surface area contributed by atoms with Gasteiger partial charge in [-0.05, 0) is 63.5 Å². The molecule has 1 atom stereocenters. The maximum Gasteiger partial charge on any atom is 0.178 e. The van der Waals surface area contributed by atoms with Gasteiger partial charge in [0.05, 0.1) is 21.5 Å². The van der Waals surface area contributed by atoms with E-state index in [-0.39, 0.29) is 11.9 Å².